The van der Waals surface area contributed by atoms with Crippen LogP contribution in [0.2, 0.25) is 0 Å². The van der Waals surface area contributed by atoms with Gasteiger partial charge in [-0.25, -0.2) is 14.4 Å². The summed E-state index contributed by atoms with van der Waals surface area (Å²) >= 11 is 0. The highest BCUT2D eigenvalue weighted by molar-refractivity contribution is 6.27. The summed E-state index contributed by atoms with van der Waals surface area (Å²) in [5.41, 5.74) is -2.82. The highest BCUT2D eigenvalue weighted by Crippen LogP contribution is 2.42. The average Bonchev–Trinajstić information content (AvgIpc) is 3.09. The average molecular weight is 394 g/mol. The van der Waals surface area contributed by atoms with Gasteiger partial charge in [-0.2, -0.15) is 13.2 Å². The highest BCUT2D eigenvalue weighted by Gasteiger charge is 2.51. The number of aromatic nitrogens is 2. The fraction of sp³-hybridized carbons (Fsp3) is 0.421. The fourth-order valence-corrected chi connectivity index (χ4v) is 4.15. The van der Waals surface area contributed by atoms with Gasteiger partial charge in [0.1, 0.15) is 11.7 Å². The minimum atomic E-state index is -5.01. The first-order valence-corrected chi connectivity index (χ1v) is 8.74. The first kappa shape index (κ1) is 18.6. The van der Waals surface area contributed by atoms with E-state index >= 15 is 0 Å². The van der Waals surface area contributed by atoms with E-state index in [0.717, 1.165) is 12.3 Å². The molecule has 0 aromatic carbocycles. The van der Waals surface area contributed by atoms with Crippen LogP contribution in [0.1, 0.15) is 40.9 Å². The maximum absolute atomic E-state index is 13.8. The molecule has 28 heavy (non-hydrogen) atoms. The molecule has 2 unspecified atom stereocenters. The second-order valence-electron chi connectivity index (χ2n) is 7.29. The van der Waals surface area contributed by atoms with E-state index in [1.165, 1.54) is 6.92 Å². The zero-order chi connectivity index (χ0) is 20.4. The van der Waals surface area contributed by atoms with Gasteiger partial charge >= 0.3 is 6.18 Å². The summed E-state index contributed by atoms with van der Waals surface area (Å²) in [5, 5.41) is -0.0740. The topological polar surface area (TPSA) is 77.0 Å². The third kappa shape index (κ3) is 2.71. The van der Waals surface area contributed by atoms with Gasteiger partial charge in [0.2, 0.25) is 0 Å². The molecule has 0 N–H and O–H groups in total. The molecule has 146 valence electrons. The number of aryl methyl sites for hydroxylation is 1. The normalized spacial score (nSPS) is 24.8. The Hall–Kier alpha value is -2.71. The fourth-order valence-electron chi connectivity index (χ4n) is 4.15. The number of rotatable bonds is 2. The summed E-state index contributed by atoms with van der Waals surface area (Å²) in [5.74, 6) is -5.99. The van der Waals surface area contributed by atoms with Crippen molar-refractivity contribution in [2.75, 3.05) is 0 Å². The quantitative estimate of drug-likeness (QED) is 0.443. The first-order chi connectivity index (χ1) is 13.1. The molecule has 2 fully saturated rings. The van der Waals surface area contributed by atoms with E-state index < -0.39 is 58.4 Å². The van der Waals surface area contributed by atoms with E-state index in [0.29, 0.717) is 19.3 Å². The highest BCUT2D eigenvalue weighted by atomic mass is 19.4. The molecule has 2 bridgehead atoms. The predicted molar refractivity (Wildman–Crippen MR) is 87.9 cm³/mol. The zero-order valence-electron chi connectivity index (χ0n) is 14.6. The van der Waals surface area contributed by atoms with Crippen LogP contribution in [-0.2, 0) is 15.8 Å². The Morgan fingerprint density at radius 1 is 1.14 bits per heavy atom. The van der Waals surface area contributed by atoms with Crippen LogP contribution in [-0.4, -0.2) is 27.3 Å². The van der Waals surface area contributed by atoms with Crippen molar-refractivity contribution in [2.45, 2.75) is 32.4 Å². The molecule has 2 saturated carbocycles. The lowest BCUT2D eigenvalue weighted by Crippen LogP contribution is -2.42. The molecule has 0 spiro atoms. The number of halogens is 4. The largest absolute Gasteiger partial charge is 0.434 e. The van der Waals surface area contributed by atoms with Crippen LogP contribution in [0.3, 0.4) is 0 Å². The van der Waals surface area contributed by atoms with Gasteiger partial charge in [0.05, 0.1) is 11.8 Å². The number of carbonyl (C=O) groups excluding carboxylic acids is 3. The summed E-state index contributed by atoms with van der Waals surface area (Å²) in [6.45, 7) is 1.32. The van der Waals surface area contributed by atoms with Crippen molar-refractivity contribution in [3.8, 4) is 0 Å². The number of alkyl halides is 3. The van der Waals surface area contributed by atoms with Crippen LogP contribution in [0.25, 0.3) is 11.0 Å². The lowest BCUT2D eigenvalue weighted by Gasteiger charge is -2.25. The van der Waals surface area contributed by atoms with Crippen molar-refractivity contribution >= 4 is 28.4 Å². The van der Waals surface area contributed by atoms with Gasteiger partial charge in [0.15, 0.2) is 28.7 Å². The van der Waals surface area contributed by atoms with E-state index in [1.54, 1.807) is 0 Å². The molecule has 4 rings (SSSR count). The SMILES string of the molecule is Cc1c(F)cnc2nc(C(F)(F)F)c(C(=O)C3C(=O)C4CCC(C4)C3=O)cc12. The summed E-state index contributed by atoms with van der Waals surface area (Å²) in [7, 11) is 0. The number of carbonyl (C=O) groups is 3. The molecule has 2 atom stereocenters. The summed E-state index contributed by atoms with van der Waals surface area (Å²) < 4.78 is 54.5. The van der Waals surface area contributed by atoms with Gasteiger partial charge in [-0.1, -0.05) is 0 Å². The Balaban J connectivity index is 1.91. The van der Waals surface area contributed by atoms with Crippen LogP contribution in [0.15, 0.2) is 12.3 Å². The molecule has 0 aliphatic heterocycles. The summed E-state index contributed by atoms with van der Waals surface area (Å²) in [4.78, 5) is 45.0. The molecule has 2 heterocycles. The molecule has 2 aromatic heterocycles. The first-order valence-electron chi connectivity index (χ1n) is 8.74. The van der Waals surface area contributed by atoms with Crippen molar-refractivity contribution in [1.29, 1.82) is 0 Å². The number of hydrogen-bond acceptors (Lipinski definition) is 5. The molecule has 5 nitrogen and oxygen atoms in total. The van der Waals surface area contributed by atoms with Gasteiger partial charge in [-0.05, 0) is 37.8 Å². The Bertz CT molecular complexity index is 1030. The number of hydrogen-bond donors (Lipinski definition) is 0. The molecular formula is C19H14F4N2O3. The van der Waals surface area contributed by atoms with Gasteiger partial charge in [-0.15, -0.1) is 0 Å². The number of ketones is 3. The van der Waals surface area contributed by atoms with E-state index in [1.807, 2.05) is 0 Å². The molecule has 2 aliphatic rings. The number of Topliss-reactive ketones (excluding diaryl/α,β-unsaturated/α-hetero) is 3. The van der Waals surface area contributed by atoms with Crippen LogP contribution < -0.4 is 0 Å². The molecule has 0 radical (unpaired) electrons. The summed E-state index contributed by atoms with van der Waals surface area (Å²) in [6, 6.07) is 0.843. The maximum Gasteiger partial charge on any atom is 0.434 e. The summed E-state index contributed by atoms with van der Waals surface area (Å²) in [6.07, 6.45) is -3.01. The number of fused-ring (bicyclic) bond motifs is 3. The molecule has 2 aliphatic carbocycles. The van der Waals surface area contributed by atoms with E-state index in [-0.39, 0.29) is 16.6 Å². The smallest absolute Gasteiger partial charge is 0.298 e. The monoisotopic (exact) mass is 394 g/mol. The maximum atomic E-state index is 13.8. The Labute approximate surface area is 156 Å². The zero-order valence-corrected chi connectivity index (χ0v) is 14.6. The molecule has 9 heteroatoms. The predicted octanol–water partition coefficient (Wildman–Crippen LogP) is 3.46. The molecule has 0 saturated heterocycles. The van der Waals surface area contributed by atoms with Gasteiger partial charge in [0, 0.05) is 17.2 Å². The van der Waals surface area contributed by atoms with E-state index in [9.17, 15) is 31.9 Å². The minimum absolute atomic E-state index is 0.0263. The van der Waals surface area contributed by atoms with Gasteiger partial charge in [-0.3, -0.25) is 14.4 Å². The Morgan fingerprint density at radius 3 is 2.32 bits per heavy atom. The number of pyridine rings is 2. The Morgan fingerprint density at radius 2 is 1.75 bits per heavy atom. The van der Waals surface area contributed by atoms with Crippen LogP contribution >= 0.6 is 0 Å². The molecular weight excluding hydrogens is 380 g/mol. The van der Waals surface area contributed by atoms with Crippen molar-refractivity contribution in [3.63, 3.8) is 0 Å². The van der Waals surface area contributed by atoms with E-state index in [2.05, 4.69) is 9.97 Å². The third-order valence-corrected chi connectivity index (χ3v) is 5.67. The molecule has 0 amide bonds. The van der Waals surface area contributed by atoms with Crippen molar-refractivity contribution < 1.29 is 31.9 Å². The van der Waals surface area contributed by atoms with Crippen LogP contribution in [0.4, 0.5) is 17.6 Å². The third-order valence-electron chi connectivity index (χ3n) is 5.67. The lowest BCUT2D eigenvalue weighted by atomic mass is 9.75. The second kappa shape index (κ2) is 6.15. The number of nitrogens with zero attached hydrogens (tertiary/aromatic N) is 2. The lowest BCUT2D eigenvalue weighted by molar-refractivity contribution is -0.142. The van der Waals surface area contributed by atoms with E-state index in [4.69, 9.17) is 0 Å². The van der Waals surface area contributed by atoms with Crippen molar-refractivity contribution in [2.24, 2.45) is 17.8 Å². The van der Waals surface area contributed by atoms with Crippen molar-refractivity contribution in [1.82, 2.24) is 9.97 Å². The molecule has 2 aromatic rings. The van der Waals surface area contributed by atoms with Crippen LogP contribution in [0, 0.1) is 30.5 Å². The minimum Gasteiger partial charge on any atom is -0.298 e. The van der Waals surface area contributed by atoms with Crippen molar-refractivity contribution in [3.05, 3.63) is 34.9 Å². The Kier molecular flexibility index (Phi) is 4.09. The van der Waals surface area contributed by atoms with Gasteiger partial charge < -0.3 is 0 Å². The van der Waals surface area contributed by atoms with Gasteiger partial charge in [0.25, 0.3) is 0 Å². The standard InChI is InChI=1S/C19H14F4N2O3/c1-7-10-5-11(17(19(21,22)23)25-18(10)24-6-12(7)20)16(28)13-14(26)8-2-3-9(4-8)15(13)27/h5-6,8-9,13H,2-4H2,1H3. The van der Waals surface area contributed by atoms with Crippen LogP contribution in [0.5, 0.6) is 0 Å². The second-order valence-corrected chi connectivity index (χ2v) is 7.29.